The number of amides is 1. The zero-order valence-corrected chi connectivity index (χ0v) is 19.5. The minimum atomic E-state index is -2.17. The van der Waals surface area contributed by atoms with Crippen molar-refractivity contribution in [3.05, 3.63) is 96.0 Å². The largest absolute Gasteiger partial charge is 0.631 e. The Kier molecular flexibility index (Phi) is 9.31. The van der Waals surface area contributed by atoms with Crippen molar-refractivity contribution in [2.24, 2.45) is 0 Å². The van der Waals surface area contributed by atoms with Gasteiger partial charge in [-0.3, -0.25) is 4.79 Å². The number of fused-ring (bicyclic) bond motifs is 1. The molecule has 1 aromatic heterocycles. The van der Waals surface area contributed by atoms with Crippen molar-refractivity contribution in [2.75, 3.05) is 10.6 Å². The summed E-state index contributed by atoms with van der Waals surface area (Å²) in [5, 5.41) is 28.5. The number of ether oxygens (including phenoxy) is 1. The first-order valence-electron chi connectivity index (χ1n) is 10.4. The van der Waals surface area contributed by atoms with Crippen LogP contribution < -0.4 is 15.4 Å². The van der Waals surface area contributed by atoms with E-state index in [0.29, 0.717) is 39.0 Å². The van der Waals surface area contributed by atoms with Crippen molar-refractivity contribution in [3.8, 4) is 5.75 Å². The van der Waals surface area contributed by atoms with Crippen LogP contribution in [0.3, 0.4) is 0 Å². The summed E-state index contributed by atoms with van der Waals surface area (Å²) in [7, 11) is -2.17. The molecule has 0 saturated heterocycles. The second-order valence-corrected chi connectivity index (χ2v) is 7.59. The highest BCUT2D eigenvalue weighted by Gasteiger charge is 2.09. The molecule has 4 aromatic rings. The number of nitrogens with one attached hydrogen (secondary N) is 2. The fraction of sp³-hybridized carbons (Fsp3) is 0.0417. The highest BCUT2D eigenvalue weighted by Crippen LogP contribution is 2.31. The normalized spacial score (nSPS) is 10.1. The number of aromatic nitrogens is 2. The van der Waals surface area contributed by atoms with Crippen LogP contribution in [0.1, 0.15) is 5.56 Å². The second-order valence-electron chi connectivity index (χ2n) is 7.18. The summed E-state index contributed by atoms with van der Waals surface area (Å²) in [6.45, 7) is 3.65. The first kappa shape index (κ1) is 26.6. The molecule has 0 unspecified atom stereocenters. The molecular weight excluding hydrogens is 490 g/mol. The van der Waals surface area contributed by atoms with Crippen molar-refractivity contribution < 1.29 is 29.0 Å². The lowest BCUT2D eigenvalue weighted by atomic mass is 10.2. The van der Waals surface area contributed by atoms with Gasteiger partial charge in [0.2, 0.25) is 5.91 Å². The summed E-state index contributed by atoms with van der Waals surface area (Å²) >= 11 is 6.38. The molecule has 5 N–H and O–H groups in total. The molecule has 0 atom stereocenters. The third-order valence-corrected chi connectivity index (χ3v) is 4.86. The van der Waals surface area contributed by atoms with Crippen molar-refractivity contribution in [3.63, 3.8) is 0 Å². The Morgan fingerprint density at radius 1 is 1.08 bits per heavy atom. The maximum absolute atomic E-state index is 13.3. The van der Waals surface area contributed by atoms with Crippen molar-refractivity contribution in [1.29, 1.82) is 0 Å². The van der Waals surface area contributed by atoms with Gasteiger partial charge < -0.3 is 30.4 Å². The van der Waals surface area contributed by atoms with Crippen LogP contribution in [-0.4, -0.2) is 38.3 Å². The third-order valence-electron chi connectivity index (χ3n) is 4.57. The molecule has 1 heterocycles. The van der Waals surface area contributed by atoms with Crippen LogP contribution in [0.4, 0.5) is 21.6 Å². The Balaban J connectivity index is 0.000000840. The van der Waals surface area contributed by atoms with Crippen molar-refractivity contribution >= 4 is 52.9 Å². The molecule has 0 aliphatic rings. The SMILES string of the molecule is C=CC(=O)Nc1ccc2ncnc(Nc3ccc(OCc4cccc(F)c4)c(Cl)c3)c2c1.OB(O)O. The van der Waals surface area contributed by atoms with E-state index in [1.165, 1.54) is 24.5 Å². The Bertz CT molecular complexity index is 1370. The van der Waals surface area contributed by atoms with Crippen molar-refractivity contribution in [1.82, 2.24) is 9.97 Å². The molecule has 4 rings (SSSR count). The predicted octanol–water partition coefficient (Wildman–Crippen LogP) is 3.82. The molecule has 0 aliphatic carbocycles. The van der Waals surface area contributed by atoms with E-state index in [9.17, 15) is 9.18 Å². The van der Waals surface area contributed by atoms with Crippen LogP contribution in [0.15, 0.2) is 79.6 Å². The second kappa shape index (κ2) is 12.6. The summed E-state index contributed by atoms with van der Waals surface area (Å²) in [5.74, 6) is 0.398. The summed E-state index contributed by atoms with van der Waals surface area (Å²) in [4.78, 5) is 20.2. The van der Waals surface area contributed by atoms with Crippen LogP contribution in [0.5, 0.6) is 5.75 Å². The molecule has 0 aliphatic heterocycles. The standard InChI is InChI=1S/C24H18ClFN4O2.BH3O3/c1-2-23(31)29-17-6-8-21-19(11-17)24(28-14-27-21)30-18-7-9-22(20(25)12-18)32-13-15-4-3-5-16(26)10-15;2-1(3)4/h2-12,14H,1,13H2,(H,29,31)(H,27,28,30);2-4H. The quantitative estimate of drug-likeness (QED) is 0.187. The van der Waals surface area contributed by atoms with Gasteiger partial charge in [-0.25, -0.2) is 14.4 Å². The van der Waals surface area contributed by atoms with Gasteiger partial charge in [-0.1, -0.05) is 30.3 Å². The van der Waals surface area contributed by atoms with Gasteiger partial charge in [-0.05, 0) is 60.2 Å². The highest BCUT2D eigenvalue weighted by atomic mass is 35.5. The average molecular weight is 511 g/mol. The van der Waals surface area contributed by atoms with Crippen LogP contribution in [0.25, 0.3) is 10.9 Å². The number of carbonyl (C=O) groups excluding carboxylic acids is 1. The summed E-state index contributed by atoms with van der Waals surface area (Å²) < 4.78 is 19.0. The van der Waals surface area contributed by atoms with E-state index in [0.717, 1.165) is 5.39 Å². The number of benzene rings is 3. The van der Waals surface area contributed by atoms with Crippen LogP contribution in [0.2, 0.25) is 5.02 Å². The number of halogens is 2. The van der Waals surface area contributed by atoms with E-state index in [1.807, 2.05) is 0 Å². The maximum atomic E-state index is 13.3. The smallest absolute Gasteiger partial charge is 0.487 e. The lowest BCUT2D eigenvalue weighted by Crippen LogP contribution is -2.07. The molecule has 36 heavy (non-hydrogen) atoms. The maximum Gasteiger partial charge on any atom is 0.631 e. The number of hydrogen-bond acceptors (Lipinski definition) is 8. The molecular formula is C24H21BClFN4O5. The average Bonchev–Trinajstić information content (AvgIpc) is 2.83. The van der Waals surface area contributed by atoms with Gasteiger partial charge in [-0.2, -0.15) is 0 Å². The van der Waals surface area contributed by atoms with Crippen LogP contribution >= 0.6 is 11.6 Å². The van der Waals surface area contributed by atoms with E-state index in [4.69, 9.17) is 31.4 Å². The highest BCUT2D eigenvalue weighted by molar-refractivity contribution is 6.32. The Morgan fingerprint density at radius 3 is 2.53 bits per heavy atom. The molecule has 0 fully saturated rings. The molecule has 0 bridgehead atoms. The molecule has 12 heteroatoms. The number of hydrogen-bond donors (Lipinski definition) is 5. The molecule has 0 saturated carbocycles. The monoisotopic (exact) mass is 510 g/mol. The molecule has 9 nitrogen and oxygen atoms in total. The number of anilines is 3. The Labute approximate surface area is 211 Å². The summed E-state index contributed by atoms with van der Waals surface area (Å²) in [5.41, 5.74) is 2.70. The summed E-state index contributed by atoms with van der Waals surface area (Å²) in [6, 6.07) is 16.7. The Hall–Kier alpha value is -4.03. The minimum absolute atomic E-state index is 0.194. The lowest BCUT2D eigenvalue weighted by Gasteiger charge is -2.12. The number of rotatable bonds is 7. The topological polar surface area (TPSA) is 137 Å². The zero-order valence-electron chi connectivity index (χ0n) is 18.7. The van der Waals surface area contributed by atoms with Gasteiger partial charge in [0, 0.05) is 16.8 Å². The minimum Gasteiger partial charge on any atom is -0.487 e. The lowest BCUT2D eigenvalue weighted by molar-refractivity contribution is -0.111. The third kappa shape index (κ3) is 7.75. The number of carbonyl (C=O) groups is 1. The van der Waals surface area contributed by atoms with Gasteiger partial charge in [0.05, 0.1) is 10.5 Å². The molecule has 0 radical (unpaired) electrons. The van der Waals surface area contributed by atoms with Crippen molar-refractivity contribution in [2.45, 2.75) is 6.61 Å². The van der Waals surface area contributed by atoms with Gasteiger partial charge in [-0.15, -0.1) is 0 Å². The zero-order chi connectivity index (χ0) is 26.1. The summed E-state index contributed by atoms with van der Waals surface area (Å²) in [6.07, 6.45) is 2.65. The Morgan fingerprint density at radius 2 is 1.83 bits per heavy atom. The fourth-order valence-corrected chi connectivity index (χ4v) is 3.28. The number of nitrogens with zero attached hydrogens (tertiary/aromatic N) is 2. The molecule has 3 aromatic carbocycles. The van der Waals surface area contributed by atoms with E-state index in [2.05, 4.69) is 27.2 Å². The fourth-order valence-electron chi connectivity index (χ4n) is 3.05. The van der Waals surface area contributed by atoms with Gasteiger partial charge in [0.25, 0.3) is 0 Å². The van der Waals surface area contributed by atoms with Crippen LogP contribution in [-0.2, 0) is 11.4 Å². The predicted molar refractivity (Wildman–Crippen MR) is 136 cm³/mol. The van der Waals surface area contributed by atoms with Crippen LogP contribution in [0, 0.1) is 5.82 Å². The van der Waals surface area contributed by atoms with E-state index >= 15 is 0 Å². The van der Waals surface area contributed by atoms with E-state index < -0.39 is 7.32 Å². The van der Waals surface area contributed by atoms with Gasteiger partial charge in [0.1, 0.15) is 30.3 Å². The first-order valence-corrected chi connectivity index (χ1v) is 10.8. The van der Waals surface area contributed by atoms with E-state index in [-0.39, 0.29) is 18.3 Å². The van der Waals surface area contributed by atoms with Gasteiger partial charge >= 0.3 is 7.32 Å². The van der Waals surface area contributed by atoms with E-state index in [1.54, 1.807) is 48.5 Å². The van der Waals surface area contributed by atoms with Gasteiger partial charge in [0.15, 0.2) is 0 Å². The molecule has 184 valence electrons. The molecule has 0 spiro atoms. The first-order chi connectivity index (χ1) is 17.2. The molecule has 1 amide bonds.